The van der Waals surface area contributed by atoms with Gasteiger partial charge in [-0.1, -0.05) is 6.92 Å². The van der Waals surface area contributed by atoms with Gasteiger partial charge in [0.2, 0.25) is 0 Å². The molecule has 1 aliphatic rings. The first-order valence-corrected chi connectivity index (χ1v) is 4.09. The molecule has 1 fully saturated rings. The van der Waals surface area contributed by atoms with Crippen LogP contribution in [0.1, 0.15) is 20.3 Å². The summed E-state index contributed by atoms with van der Waals surface area (Å²) in [4.78, 5) is 0. The molecule has 60 valence electrons. The van der Waals surface area contributed by atoms with Crippen LogP contribution in [0.2, 0.25) is 0 Å². The van der Waals surface area contributed by atoms with Crippen molar-refractivity contribution in [1.82, 2.24) is 5.32 Å². The Hall–Kier alpha value is -0.0800. The molecule has 1 aliphatic heterocycles. The molecule has 0 amide bonds. The van der Waals surface area contributed by atoms with Gasteiger partial charge in [0.15, 0.2) is 0 Å². The molecule has 0 aromatic carbocycles. The summed E-state index contributed by atoms with van der Waals surface area (Å²) in [7, 11) is 0. The van der Waals surface area contributed by atoms with Crippen LogP contribution in [0.4, 0.5) is 0 Å². The quantitative estimate of drug-likeness (QED) is 0.564. The lowest BCUT2D eigenvalue weighted by Crippen LogP contribution is -2.39. The Morgan fingerprint density at radius 1 is 1.50 bits per heavy atom. The van der Waals surface area contributed by atoms with E-state index in [1.807, 2.05) is 6.92 Å². The van der Waals surface area contributed by atoms with E-state index < -0.39 is 0 Å². The Kier molecular flexibility index (Phi) is 2.69. The molecule has 0 bridgehead atoms. The lowest BCUT2D eigenvalue weighted by Gasteiger charge is -2.29. The molecule has 0 spiro atoms. The fraction of sp³-hybridized carbons (Fsp3) is 1.00. The molecule has 3 atom stereocenters. The zero-order valence-corrected chi connectivity index (χ0v) is 6.80. The maximum Gasteiger partial charge on any atom is 0.0552 e. The molecule has 3 unspecified atom stereocenters. The second-order valence-corrected chi connectivity index (χ2v) is 3.50. The highest BCUT2D eigenvalue weighted by molar-refractivity contribution is 4.76. The summed E-state index contributed by atoms with van der Waals surface area (Å²) in [5, 5.41) is 12.6. The van der Waals surface area contributed by atoms with Gasteiger partial charge in [-0.3, -0.25) is 0 Å². The Morgan fingerprint density at radius 2 is 2.20 bits per heavy atom. The first-order valence-electron chi connectivity index (χ1n) is 4.09. The van der Waals surface area contributed by atoms with E-state index in [1.165, 1.54) is 6.42 Å². The maximum atomic E-state index is 9.25. The second-order valence-electron chi connectivity index (χ2n) is 3.50. The first kappa shape index (κ1) is 8.02. The van der Waals surface area contributed by atoms with Crippen LogP contribution in [-0.2, 0) is 0 Å². The van der Waals surface area contributed by atoms with Crippen LogP contribution in [0.3, 0.4) is 0 Å². The number of hydrogen-bond donors (Lipinski definition) is 2. The molecule has 0 aliphatic carbocycles. The van der Waals surface area contributed by atoms with E-state index in [9.17, 15) is 5.11 Å². The van der Waals surface area contributed by atoms with Gasteiger partial charge in [-0.25, -0.2) is 0 Å². The highest BCUT2D eigenvalue weighted by Gasteiger charge is 2.21. The molecule has 10 heavy (non-hydrogen) atoms. The van der Waals surface area contributed by atoms with Crippen molar-refractivity contribution in [1.29, 1.82) is 0 Å². The minimum Gasteiger partial charge on any atom is -0.393 e. The van der Waals surface area contributed by atoms with E-state index in [0.717, 1.165) is 19.0 Å². The van der Waals surface area contributed by atoms with Crippen molar-refractivity contribution in [3.63, 3.8) is 0 Å². The molecule has 1 heterocycles. The summed E-state index contributed by atoms with van der Waals surface area (Å²) in [6, 6.07) is 0. The summed E-state index contributed by atoms with van der Waals surface area (Å²) in [5.41, 5.74) is 0. The molecule has 0 aromatic heterocycles. The van der Waals surface area contributed by atoms with Crippen LogP contribution in [0, 0.1) is 11.8 Å². The molecule has 2 nitrogen and oxygen atoms in total. The van der Waals surface area contributed by atoms with Crippen LogP contribution in [0.25, 0.3) is 0 Å². The first-order chi connectivity index (χ1) is 4.70. The van der Waals surface area contributed by atoms with Crippen molar-refractivity contribution in [2.45, 2.75) is 26.4 Å². The molecule has 2 heteroatoms. The molecule has 2 N–H and O–H groups in total. The van der Waals surface area contributed by atoms with E-state index >= 15 is 0 Å². The third kappa shape index (κ3) is 1.96. The minimum atomic E-state index is -0.143. The molecule has 0 saturated carbocycles. The van der Waals surface area contributed by atoms with Crippen LogP contribution in [0.5, 0.6) is 0 Å². The van der Waals surface area contributed by atoms with Gasteiger partial charge in [-0.2, -0.15) is 0 Å². The highest BCUT2D eigenvalue weighted by Crippen LogP contribution is 2.18. The summed E-state index contributed by atoms with van der Waals surface area (Å²) < 4.78 is 0. The van der Waals surface area contributed by atoms with Gasteiger partial charge >= 0.3 is 0 Å². The second kappa shape index (κ2) is 3.35. The van der Waals surface area contributed by atoms with Crippen LogP contribution in [0.15, 0.2) is 0 Å². The van der Waals surface area contributed by atoms with Gasteiger partial charge in [-0.15, -0.1) is 0 Å². The normalized spacial score (nSPS) is 37.5. The summed E-state index contributed by atoms with van der Waals surface area (Å²) in [5.74, 6) is 1.21. The van der Waals surface area contributed by atoms with Crippen molar-refractivity contribution in [3.8, 4) is 0 Å². The van der Waals surface area contributed by atoms with E-state index in [4.69, 9.17) is 0 Å². The van der Waals surface area contributed by atoms with E-state index in [-0.39, 0.29) is 6.10 Å². The lowest BCUT2D eigenvalue weighted by atomic mass is 9.88. The van der Waals surface area contributed by atoms with Crippen LogP contribution < -0.4 is 5.32 Å². The van der Waals surface area contributed by atoms with Gasteiger partial charge in [-0.05, 0) is 31.7 Å². The van der Waals surface area contributed by atoms with Gasteiger partial charge in [0, 0.05) is 6.54 Å². The fourth-order valence-electron chi connectivity index (χ4n) is 1.57. The number of aliphatic hydroxyl groups is 1. The Morgan fingerprint density at radius 3 is 2.60 bits per heavy atom. The molecule has 1 rings (SSSR count). The number of aliphatic hydroxyl groups excluding tert-OH is 1. The standard InChI is InChI=1S/C8H17NO/c1-6-3-8(7(2)10)5-9-4-6/h6-10H,3-5H2,1-2H3. The predicted molar refractivity (Wildman–Crippen MR) is 41.8 cm³/mol. The number of hydrogen-bond acceptors (Lipinski definition) is 2. The molecular weight excluding hydrogens is 126 g/mol. The predicted octanol–water partition coefficient (Wildman–Crippen LogP) is 0.613. The van der Waals surface area contributed by atoms with Gasteiger partial charge in [0.1, 0.15) is 0 Å². The van der Waals surface area contributed by atoms with Gasteiger partial charge < -0.3 is 10.4 Å². The zero-order chi connectivity index (χ0) is 7.56. The molecular formula is C8H17NO. The SMILES string of the molecule is CC1CNCC(C(C)O)C1. The molecule has 0 radical (unpaired) electrons. The monoisotopic (exact) mass is 143 g/mol. The van der Waals surface area contributed by atoms with Gasteiger partial charge in [0.25, 0.3) is 0 Å². The van der Waals surface area contributed by atoms with E-state index in [0.29, 0.717) is 5.92 Å². The lowest BCUT2D eigenvalue weighted by molar-refractivity contribution is 0.0952. The molecule has 1 saturated heterocycles. The van der Waals surface area contributed by atoms with E-state index in [1.54, 1.807) is 0 Å². The van der Waals surface area contributed by atoms with E-state index in [2.05, 4.69) is 12.2 Å². The highest BCUT2D eigenvalue weighted by atomic mass is 16.3. The number of nitrogens with one attached hydrogen (secondary N) is 1. The van der Waals surface area contributed by atoms with Gasteiger partial charge in [0.05, 0.1) is 6.10 Å². The smallest absolute Gasteiger partial charge is 0.0552 e. The van der Waals surface area contributed by atoms with Crippen molar-refractivity contribution in [2.75, 3.05) is 13.1 Å². The zero-order valence-electron chi connectivity index (χ0n) is 6.80. The maximum absolute atomic E-state index is 9.25. The van der Waals surface area contributed by atoms with Crippen LogP contribution in [-0.4, -0.2) is 24.3 Å². The average Bonchev–Trinajstić information content (AvgIpc) is 1.88. The largest absolute Gasteiger partial charge is 0.393 e. The summed E-state index contributed by atoms with van der Waals surface area (Å²) in [6.07, 6.45) is 1.03. The Bertz CT molecular complexity index is 103. The number of rotatable bonds is 1. The summed E-state index contributed by atoms with van der Waals surface area (Å²) >= 11 is 0. The van der Waals surface area contributed by atoms with Crippen molar-refractivity contribution >= 4 is 0 Å². The van der Waals surface area contributed by atoms with Crippen molar-refractivity contribution in [3.05, 3.63) is 0 Å². The van der Waals surface area contributed by atoms with Crippen molar-refractivity contribution in [2.24, 2.45) is 11.8 Å². The molecule has 0 aromatic rings. The van der Waals surface area contributed by atoms with Crippen molar-refractivity contribution < 1.29 is 5.11 Å². The number of piperidine rings is 1. The fourth-order valence-corrected chi connectivity index (χ4v) is 1.57. The Balaban J connectivity index is 2.32. The third-order valence-electron chi connectivity index (χ3n) is 2.29. The summed E-state index contributed by atoms with van der Waals surface area (Å²) in [6.45, 7) is 6.21. The average molecular weight is 143 g/mol. The Labute approximate surface area is 62.6 Å². The van der Waals surface area contributed by atoms with Crippen LogP contribution >= 0.6 is 0 Å². The minimum absolute atomic E-state index is 0.143. The topological polar surface area (TPSA) is 32.3 Å². The third-order valence-corrected chi connectivity index (χ3v) is 2.29.